The monoisotopic (exact) mass is 455 g/mol. The van der Waals surface area contributed by atoms with E-state index in [1.807, 2.05) is 26.0 Å². The first-order chi connectivity index (χ1) is 15.0. The van der Waals surface area contributed by atoms with Gasteiger partial charge in [-0.3, -0.25) is 9.52 Å². The van der Waals surface area contributed by atoms with Gasteiger partial charge < -0.3 is 5.11 Å². The van der Waals surface area contributed by atoms with E-state index in [9.17, 15) is 23.1 Å². The molecule has 0 saturated heterocycles. The highest BCUT2D eigenvalue weighted by Crippen LogP contribution is 2.64. The molecule has 2 unspecified atom stereocenters. The highest BCUT2D eigenvalue weighted by molar-refractivity contribution is 7.92. The van der Waals surface area contributed by atoms with E-state index < -0.39 is 21.4 Å². The molecular weight excluding hydrogens is 426 g/mol. The van der Waals surface area contributed by atoms with Gasteiger partial charge in [0.05, 0.1) is 16.7 Å². The average Bonchev–Trinajstić information content (AvgIpc) is 3.06. The number of hydrogen-bond donors (Lipinski definition) is 2. The van der Waals surface area contributed by atoms with Gasteiger partial charge in [0.25, 0.3) is 0 Å². The molecule has 0 aromatic heterocycles. The van der Waals surface area contributed by atoms with Crippen molar-refractivity contribution >= 4 is 27.5 Å². The van der Waals surface area contributed by atoms with E-state index in [-0.39, 0.29) is 28.4 Å². The molecule has 0 aliphatic heterocycles. The van der Waals surface area contributed by atoms with Crippen molar-refractivity contribution < 1.29 is 23.1 Å². The average molecular weight is 456 g/mol. The minimum Gasteiger partial charge on any atom is -0.478 e. The van der Waals surface area contributed by atoms with Crippen molar-refractivity contribution in [3.63, 3.8) is 0 Å². The van der Waals surface area contributed by atoms with Gasteiger partial charge >= 0.3 is 5.97 Å². The maximum Gasteiger partial charge on any atom is 0.335 e. The Morgan fingerprint density at radius 1 is 1.12 bits per heavy atom. The zero-order valence-electron chi connectivity index (χ0n) is 18.4. The first-order valence-electron chi connectivity index (χ1n) is 11.0. The summed E-state index contributed by atoms with van der Waals surface area (Å²) in [5.41, 5.74) is 1.27. The van der Waals surface area contributed by atoms with Gasteiger partial charge in [-0.05, 0) is 66.3 Å². The molecule has 2 aromatic rings. The lowest BCUT2D eigenvalue weighted by molar-refractivity contribution is -0.128. The van der Waals surface area contributed by atoms with Crippen molar-refractivity contribution in [2.45, 2.75) is 46.0 Å². The Bertz CT molecular complexity index is 1170. The quantitative estimate of drug-likeness (QED) is 0.618. The predicted octanol–water partition coefficient (Wildman–Crippen LogP) is 4.31. The Hall–Kier alpha value is -2.67. The normalized spacial score (nSPS) is 23.9. The molecule has 2 aliphatic rings. The van der Waals surface area contributed by atoms with Crippen molar-refractivity contribution in [2.75, 3.05) is 10.5 Å². The number of carboxylic acids is 1. The molecule has 7 heteroatoms. The summed E-state index contributed by atoms with van der Waals surface area (Å²) in [6, 6.07) is 14.0. The van der Waals surface area contributed by atoms with E-state index in [1.54, 1.807) is 36.4 Å². The summed E-state index contributed by atoms with van der Waals surface area (Å²) >= 11 is 0. The van der Waals surface area contributed by atoms with Crippen LogP contribution in [0.5, 0.6) is 0 Å². The number of nitrogens with one attached hydrogen (secondary N) is 1. The molecule has 2 aromatic carbocycles. The number of carbonyl (C=O) groups excluding carboxylic acids is 1. The summed E-state index contributed by atoms with van der Waals surface area (Å²) in [6.45, 7) is 4.06. The van der Waals surface area contributed by atoms with Crippen LogP contribution in [0.25, 0.3) is 0 Å². The van der Waals surface area contributed by atoms with Gasteiger partial charge in [-0.1, -0.05) is 44.2 Å². The van der Waals surface area contributed by atoms with E-state index in [0.717, 1.165) is 17.5 Å². The number of carboxylic acid groups (broad SMARTS) is 1. The van der Waals surface area contributed by atoms with Gasteiger partial charge in [-0.15, -0.1) is 0 Å². The number of hydrogen-bond acceptors (Lipinski definition) is 4. The molecular formula is C25H29NO5S. The Balaban J connectivity index is 1.47. The van der Waals surface area contributed by atoms with Gasteiger partial charge in [-0.25, -0.2) is 13.2 Å². The fourth-order valence-corrected chi connectivity index (χ4v) is 7.55. The number of benzene rings is 2. The van der Waals surface area contributed by atoms with E-state index in [0.29, 0.717) is 31.4 Å². The SMILES string of the molecule is CC1(C)C2CCC1(CS(=O)(=O)Nc1cccc(CCc3ccccc3C(=O)O)c1)C(=O)C2. The fraction of sp³-hybridized carbons (Fsp3) is 0.440. The minimum atomic E-state index is -3.72. The zero-order valence-corrected chi connectivity index (χ0v) is 19.2. The largest absolute Gasteiger partial charge is 0.478 e. The second-order valence-corrected chi connectivity index (χ2v) is 11.4. The van der Waals surface area contributed by atoms with Gasteiger partial charge in [0.15, 0.2) is 0 Å². The molecule has 2 fully saturated rings. The Morgan fingerprint density at radius 2 is 1.88 bits per heavy atom. The molecule has 6 nitrogen and oxygen atoms in total. The van der Waals surface area contributed by atoms with Crippen LogP contribution >= 0.6 is 0 Å². The van der Waals surface area contributed by atoms with Crippen LogP contribution in [0.1, 0.15) is 54.6 Å². The topological polar surface area (TPSA) is 101 Å². The number of ketones is 1. The summed E-state index contributed by atoms with van der Waals surface area (Å²) in [4.78, 5) is 24.1. The third kappa shape index (κ3) is 3.94. The minimum absolute atomic E-state index is 0.0787. The second kappa shape index (κ2) is 8.03. The number of aryl methyl sites for hydroxylation is 2. The maximum absolute atomic E-state index is 13.1. The van der Waals surface area contributed by atoms with Gasteiger partial charge in [-0.2, -0.15) is 0 Å². The molecule has 2 N–H and O–H groups in total. The first kappa shape index (κ1) is 22.5. The van der Waals surface area contributed by atoms with Gasteiger partial charge in [0.2, 0.25) is 10.0 Å². The molecule has 0 amide bonds. The molecule has 0 radical (unpaired) electrons. The Kier molecular flexibility index (Phi) is 5.65. The molecule has 32 heavy (non-hydrogen) atoms. The highest BCUT2D eigenvalue weighted by Gasteiger charge is 2.65. The van der Waals surface area contributed by atoms with Gasteiger partial charge in [0, 0.05) is 12.1 Å². The number of anilines is 1. The number of rotatable bonds is 8. The smallest absolute Gasteiger partial charge is 0.335 e. The summed E-state index contributed by atoms with van der Waals surface area (Å²) in [7, 11) is -3.72. The van der Waals surface area contributed by atoms with Crippen molar-refractivity contribution in [1.29, 1.82) is 0 Å². The van der Waals surface area contributed by atoms with Gasteiger partial charge in [0.1, 0.15) is 5.78 Å². The Morgan fingerprint density at radius 3 is 2.53 bits per heavy atom. The van der Waals surface area contributed by atoms with Crippen LogP contribution in [0.2, 0.25) is 0 Å². The number of sulfonamides is 1. The van der Waals surface area contributed by atoms with Crippen molar-refractivity contribution in [3.05, 3.63) is 65.2 Å². The van der Waals surface area contributed by atoms with Crippen LogP contribution in [0.4, 0.5) is 5.69 Å². The first-order valence-corrected chi connectivity index (χ1v) is 12.6. The van der Waals surface area contributed by atoms with E-state index in [1.165, 1.54) is 0 Å². The third-order valence-electron chi connectivity index (χ3n) is 7.71. The van der Waals surface area contributed by atoms with Crippen LogP contribution in [0.15, 0.2) is 48.5 Å². The van der Waals surface area contributed by atoms with Crippen molar-refractivity contribution in [2.24, 2.45) is 16.7 Å². The van der Waals surface area contributed by atoms with Crippen molar-refractivity contribution in [1.82, 2.24) is 0 Å². The number of fused-ring (bicyclic) bond motifs is 2. The summed E-state index contributed by atoms with van der Waals surface area (Å²) in [5, 5.41) is 9.35. The van der Waals surface area contributed by atoms with Crippen LogP contribution in [0.3, 0.4) is 0 Å². The molecule has 4 rings (SSSR count). The zero-order chi connectivity index (χ0) is 23.1. The molecule has 170 valence electrons. The fourth-order valence-electron chi connectivity index (χ4n) is 5.66. The summed E-state index contributed by atoms with van der Waals surface area (Å²) < 4.78 is 28.8. The highest BCUT2D eigenvalue weighted by atomic mass is 32.2. The van der Waals surface area contributed by atoms with E-state index in [2.05, 4.69) is 4.72 Å². The third-order valence-corrected chi connectivity index (χ3v) is 9.13. The number of Topliss-reactive ketones (excluding diaryl/α,β-unsaturated/α-hetero) is 1. The van der Waals surface area contributed by atoms with Crippen LogP contribution in [-0.4, -0.2) is 31.0 Å². The molecule has 0 heterocycles. The van der Waals surface area contributed by atoms with Crippen LogP contribution in [0, 0.1) is 16.7 Å². The molecule has 2 saturated carbocycles. The molecule has 2 atom stereocenters. The van der Waals surface area contributed by atoms with E-state index >= 15 is 0 Å². The van der Waals surface area contributed by atoms with Crippen LogP contribution in [-0.2, 0) is 27.7 Å². The van der Waals surface area contributed by atoms with Crippen molar-refractivity contribution in [3.8, 4) is 0 Å². The lowest BCUT2D eigenvalue weighted by Crippen LogP contribution is -2.43. The lowest BCUT2D eigenvalue weighted by Gasteiger charge is -2.36. The molecule has 2 aliphatic carbocycles. The van der Waals surface area contributed by atoms with E-state index in [4.69, 9.17) is 0 Å². The lowest BCUT2D eigenvalue weighted by atomic mass is 9.70. The Labute approximate surface area is 189 Å². The summed E-state index contributed by atoms with van der Waals surface area (Å²) in [5.74, 6) is -0.796. The summed E-state index contributed by atoms with van der Waals surface area (Å²) in [6.07, 6.45) is 3.13. The molecule has 0 spiro atoms. The predicted molar refractivity (Wildman–Crippen MR) is 123 cm³/mol. The maximum atomic E-state index is 13.1. The second-order valence-electron chi connectivity index (χ2n) is 9.69. The molecule has 2 bridgehead atoms. The number of aromatic carboxylic acids is 1. The van der Waals surface area contributed by atoms with Crippen LogP contribution < -0.4 is 4.72 Å². The number of carbonyl (C=O) groups is 2. The standard InChI is InChI=1S/C25H29NO5S/c1-24(2)19-12-13-25(24,22(27)15-19)16-32(30,31)26-20-8-5-6-17(14-20)10-11-18-7-3-4-9-21(18)23(28)29/h3-9,14,19,26H,10-13,15-16H2,1-2H3,(H,28,29).